The largest absolute Gasteiger partial charge is 0.421 e. The van der Waals surface area contributed by atoms with E-state index < -0.39 is 10.5 Å². The maximum absolute atomic E-state index is 12.4. The summed E-state index contributed by atoms with van der Waals surface area (Å²) in [4.78, 5) is 27.3. The van der Waals surface area contributed by atoms with Gasteiger partial charge in [0.25, 0.3) is 5.69 Å². The summed E-state index contributed by atoms with van der Waals surface area (Å²) in [5.41, 5.74) is 3.49. The van der Waals surface area contributed by atoms with Crippen LogP contribution in [0.4, 0.5) is 10.8 Å². The Bertz CT molecular complexity index is 1350. The lowest BCUT2D eigenvalue weighted by Crippen LogP contribution is -2.01. The zero-order valence-electron chi connectivity index (χ0n) is 14.8. The van der Waals surface area contributed by atoms with E-state index in [1.54, 1.807) is 24.3 Å². The van der Waals surface area contributed by atoms with Crippen molar-refractivity contribution in [2.75, 3.05) is 5.43 Å². The lowest BCUT2D eigenvalue weighted by atomic mass is 10.1. The Morgan fingerprint density at radius 3 is 2.70 bits per heavy atom. The number of rotatable bonds is 5. The van der Waals surface area contributed by atoms with Crippen LogP contribution >= 0.6 is 34.5 Å². The molecule has 0 atom stereocenters. The summed E-state index contributed by atoms with van der Waals surface area (Å²) < 4.78 is 5.34. The second kappa shape index (κ2) is 8.23. The molecule has 2 heterocycles. The number of nitrogens with one attached hydrogen (secondary N) is 1. The molecule has 2 aromatic heterocycles. The SMILES string of the molecule is O=c1oc2c(Cl)cc(Cl)cc2cc1-c1cnc(NN=Cc2ccc([N+](=O)[O-])cc2)s1. The van der Waals surface area contributed by atoms with Crippen LogP contribution < -0.4 is 11.1 Å². The second-order valence-electron chi connectivity index (χ2n) is 6.00. The van der Waals surface area contributed by atoms with Crippen molar-refractivity contribution in [1.82, 2.24) is 4.98 Å². The van der Waals surface area contributed by atoms with Gasteiger partial charge in [-0.05, 0) is 35.9 Å². The monoisotopic (exact) mass is 460 g/mol. The molecular weight excluding hydrogens is 451 g/mol. The molecule has 4 aromatic rings. The van der Waals surface area contributed by atoms with Gasteiger partial charge < -0.3 is 4.42 Å². The van der Waals surface area contributed by atoms with Crippen molar-refractivity contribution in [3.63, 3.8) is 0 Å². The number of hydrogen-bond acceptors (Lipinski definition) is 8. The number of hydrogen-bond donors (Lipinski definition) is 1. The van der Waals surface area contributed by atoms with Crippen LogP contribution in [0.3, 0.4) is 0 Å². The number of benzene rings is 2. The Labute approximate surface area is 182 Å². The summed E-state index contributed by atoms with van der Waals surface area (Å²) in [6, 6.07) is 10.7. The topological polar surface area (TPSA) is 111 Å². The highest BCUT2D eigenvalue weighted by molar-refractivity contribution is 7.18. The van der Waals surface area contributed by atoms with Crippen molar-refractivity contribution in [3.05, 3.63) is 84.8 Å². The molecule has 0 saturated carbocycles. The molecule has 11 heteroatoms. The standard InChI is InChI=1S/C19H10Cl2N4O4S/c20-12-5-11-6-14(18(26)29-17(11)15(21)7-12)16-9-22-19(30-16)24-23-8-10-1-3-13(4-2-10)25(27)28/h1-9H,(H,22,24). The number of nitro benzene ring substituents is 1. The summed E-state index contributed by atoms with van der Waals surface area (Å²) in [6.45, 7) is 0. The smallest absolute Gasteiger partial charge is 0.345 e. The third kappa shape index (κ3) is 4.18. The van der Waals surface area contributed by atoms with E-state index in [-0.39, 0.29) is 16.3 Å². The summed E-state index contributed by atoms with van der Waals surface area (Å²) in [6.07, 6.45) is 3.03. The summed E-state index contributed by atoms with van der Waals surface area (Å²) in [7, 11) is 0. The molecule has 4 rings (SSSR count). The molecule has 0 aliphatic heterocycles. The Morgan fingerprint density at radius 2 is 1.97 bits per heavy atom. The van der Waals surface area contributed by atoms with E-state index in [4.69, 9.17) is 27.6 Å². The molecular formula is C19H10Cl2N4O4S. The maximum Gasteiger partial charge on any atom is 0.345 e. The molecule has 0 bridgehead atoms. The number of non-ortho nitro benzene ring substituents is 1. The molecule has 0 unspecified atom stereocenters. The average molecular weight is 461 g/mol. The highest BCUT2D eigenvalue weighted by Crippen LogP contribution is 2.32. The lowest BCUT2D eigenvalue weighted by molar-refractivity contribution is -0.384. The van der Waals surface area contributed by atoms with Gasteiger partial charge in [0.15, 0.2) is 5.58 Å². The van der Waals surface area contributed by atoms with Crippen LogP contribution in [0, 0.1) is 10.1 Å². The molecule has 0 aliphatic carbocycles. The van der Waals surface area contributed by atoms with E-state index in [2.05, 4.69) is 15.5 Å². The van der Waals surface area contributed by atoms with E-state index in [1.165, 1.54) is 41.9 Å². The Balaban J connectivity index is 1.55. The zero-order chi connectivity index (χ0) is 21.3. The van der Waals surface area contributed by atoms with Crippen molar-refractivity contribution in [1.29, 1.82) is 0 Å². The van der Waals surface area contributed by atoms with Crippen LogP contribution in [-0.2, 0) is 0 Å². The first-order valence-corrected chi connectivity index (χ1v) is 9.90. The molecule has 30 heavy (non-hydrogen) atoms. The second-order valence-corrected chi connectivity index (χ2v) is 7.88. The van der Waals surface area contributed by atoms with Crippen LogP contribution in [-0.4, -0.2) is 16.1 Å². The fraction of sp³-hybridized carbons (Fsp3) is 0. The van der Waals surface area contributed by atoms with E-state index >= 15 is 0 Å². The minimum atomic E-state index is -0.545. The number of aromatic nitrogens is 1. The fourth-order valence-corrected chi connectivity index (χ4v) is 3.94. The van der Waals surface area contributed by atoms with Crippen molar-refractivity contribution < 1.29 is 9.34 Å². The lowest BCUT2D eigenvalue weighted by Gasteiger charge is -2.02. The Kier molecular flexibility index (Phi) is 5.49. The molecule has 0 aliphatic rings. The van der Waals surface area contributed by atoms with Gasteiger partial charge in [-0.3, -0.25) is 15.5 Å². The quantitative estimate of drug-likeness (QED) is 0.180. The molecule has 150 valence electrons. The number of thiazole rings is 1. The first-order chi connectivity index (χ1) is 14.4. The highest BCUT2D eigenvalue weighted by atomic mass is 35.5. The molecule has 0 amide bonds. The number of nitrogens with zero attached hydrogens (tertiary/aromatic N) is 3. The number of halogens is 2. The number of nitro groups is 1. The molecule has 2 aromatic carbocycles. The number of hydrazone groups is 1. The van der Waals surface area contributed by atoms with Crippen LogP contribution in [0.15, 0.2) is 63.0 Å². The minimum Gasteiger partial charge on any atom is -0.421 e. The summed E-state index contributed by atoms with van der Waals surface area (Å²) in [5.74, 6) is 0. The van der Waals surface area contributed by atoms with Crippen LogP contribution in [0.25, 0.3) is 21.4 Å². The van der Waals surface area contributed by atoms with E-state index in [0.29, 0.717) is 31.5 Å². The Hall–Kier alpha value is -3.27. The molecule has 0 fully saturated rings. The minimum absolute atomic E-state index is 0.00136. The normalized spacial score (nSPS) is 11.3. The summed E-state index contributed by atoms with van der Waals surface area (Å²) in [5, 5.41) is 16.5. The van der Waals surface area contributed by atoms with Crippen molar-refractivity contribution in [2.24, 2.45) is 5.10 Å². The van der Waals surface area contributed by atoms with Gasteiger partial charge in [-0.1, -0.05) is 34.5 Å². The van der Waals surface area contributed by atoms with Gasteiger partial charge in [-0.2, -0.15) is 5.10 Å². The fourth-order valence-electron chi connectivity index (χ4n) is 2.62. The molecule has 0 spiro atoms. The van der Waals surface area contributed by atoms with Gasteiger partial charge in [-0.25, -0.2) is 9.78 Å². The van der Waals surface area contributed by atoms with E-state index in [9.17, 15) is 14.9 Å². The molecule has 0 radical (unpaired) electrons. The average Bonchev–Trinajstić information content (AvgIpc) is 3.17. The number of anilines is 1. The predicted molar refractivity (Wildman–Crippen MR) is 118 cm³/mol. The summed E-state index contributed by atoms with van der Waals surface area (Å²) >= 11 is 13.3. The van der Waals surface area contributed by atoms with Gasteiger partial charge in [0.05, 0.1) is 26.6 Å². The van der Waals surface area contributed by atoms with E-state index in [0.717, 1.165) is 0 Å². The maximum atomic E-state index is 12.4. The predicted octanol–water partition coefficient (Wildman–Crippen LogP) is 5.58. The molecule has 0 saturated heterocycles. The van der Waals surface area contributed by atoms with Crippen LogP contribution in [0.5, 0.6) is 0 Å². The van der Waals surface area contributed by atoms with Gasteiger partial charge in [0, 0.05) is 28.7 Å². The van der Waals surface area contributed by atoms with Crippen LogP contribution in [0.1, 0.15) is 5.56 Å². The highest BCUT2D eigenvalue weighted by Gasteiger charge is 2.13. The van der Waals surface area contributed by atoms with E-state index in [1.807, 2.05) is 0 Å². The first-order valence-electron chi connectivity index (χ1n) is 8.33. The third-order valence-electron chi connectivity index (χ3n) is 4.00. The first kappa shape index (κ1) is 20.0. The van der Waals surface area contributed by atoms with Gasteiger partial charge in [0.1, 0.15) is 0 Å². The van der Waals surface area contributed by atoms with Gasteiger partial charge in [-0.15, -0.1) is 0 Å². The van der Waals surface area contributed by atoms with Gasteiger partial charge in [0.2, 0.25) is 5.13 Å². The van der Waals surface area contributed by atoms with Crippen molar-refractivity contribution in [2.45, 2.75) is 0 Å². The molecule has 1 N–H and O–H groups in total. The van der Waals surface area contributed by atoms with Crippen LogP contribution in [0.2, 0.25) is 10.0 Å². The Morgan fingerprint density at radius 1 is 1.20 bits per heavy atom. The van der Waals surface area contributed by atoms with Crippen molar-refractivity contribution in [3.8, 4) is 10.4 Å². The number of fused-ring (bicyclic) bond motifs is 1. The molecule has 8 nitrogen and oxygen atoms in total. The third-order valence-corrected chi connectivity index (χ3v) is 5.43. The van der Waals surface area contributed by atoms with Gasteiger partial charge >= 0.3 is 5.63 Å². The zero-order valence-corrected chi connectivity index (χ0v) is 17.2. The van der Waals surface area contributed by atoms with Crippen molar-refractivity contribution >= 4 is 62.5 Å².